The summed E-state index contributed by atoms with van der Waals surface area (Å²) < 4.78 is 12.4. The summed E-state index contributed by atoms with van der Waals surface area (Å²) in [6.45, 7) is 3.12. The highest BCUT2D eigenvalue weighted by molar-refractivity contribution is 6.08. The molecule has 3 aromatic rings. The second-order valence-corrected chi connectivity index (χ2v) is 7.66. The largest absolute Gasteiger partial charge is 0.385 e. The SMILES string of the molecule is COCCCn1c(NC(=O)c2cccc(C#N)c2)nc2cccc(C(=O)N3CCOCC3)c21. The highest BCUT2D eigenvalue weighted by Gasteiger charge is 2.24. The summed E-state index contributed by atoms with van der Waals surface area (Å²) in [5.41, 5.74) is 2.58. The van der Waals surface area contributed by atoms with Gasteiger partial charge >= 0.3 is 0 Å². The van der Waals surface area contributed by atoms with Crippen molar-refractivity contribution in [1.82, 2.24) is 14.5 Å². The highest BCUT2D eigenvalue weighted by Crippen LogP contribution is 2.26. The van der Waals surface area contributed by atoms with Crippen molar-refractivity contribution in [2.24, 2.45) is 0 Å². The molecule has 0 saturated carbocycles. The molecule has 1 aliphatic rings. The summed E-state index contributed by atoms with van der Waals surface area (Å²) in [4.78, 5) is 32.6. The van der Waals surface area contributed by atoms with Gasteiger partial charge < -0.3 is 18.9 Å². The number of methoxy groups -OCH3 is 1. The Morgan fingerprint density at radius 2 is 2.00 bits per heavy atom. The van der Waals surface area contributed by atoms with Gasteiger partial charge in [0.1, 0.15) is 0 Å². The molecular formula is C24H25N5O4. The number of para-hydroxylation sites is 1. The third-order valence-electron chi connectivity index (χ3n) is 5.50. The van der Waals surface area contributed by atoms with Crippen LogP contribution in [0.4, 0.5) is 5.95 Å². The third-order valence-corrected chi connectivity index (χ3v) is 5.50. The molecule has 33 heavy (non-hydrogen) atoms. The lowest BCUT2D eigenvalue weighted by molar-refractivity contribution is 0.0304. The number of carbonyl (C=O) groups is 2. The fourth-order valence-corrected chi connectivity index (χ4v) is 3.88. The maximum atomic E-state index is 13.3. The van der Waals surface area contributed by atoms with Gasteiger partial charge in [-0.1, -0.05) is 12.1 Å². The molecule has 0 atom stereocenters. The van der Waals surface area contributed by atoms with Crippen LogP contribution in [-0.2, 0) is 16.0 Å². The number of nitrogens with one attached hydrogen (secondary N) is 1. The number of carbonyl (C=O) groups excluding carboxylic acids is 2. The standard InChI is InChI=1S/C24H25N5O4/c1-32-12-4-9-29-21-19(23(31)28-10-13-33-14-11-28)7-3-8-20(21)26-24(29)27-22(30)18-6-2-5-17(15-18)16-25/h2-3,5-8,15H,4,9-14H2,1H3,(H,26,27,30). The van der Waals surface area contributed by atoms with Crippen molar-refractivity contribution in [3.8, 4) is 6.07 Å². The predicted molar refractivity (Wildman–Crippen MR) is 122 cm³/mol. The van der Waals surface area contributed by atoms with E-state index in [0.717, 1.165) is 0 Å². The Hall–Kier alpha value is -3.74. The van der Waals surface area contributed by atoms with Crippen LogP contribution in [0.3, 0.4) is 0 Å². The van der Waals surface area contributed by atoms with Gasteiger partial charge in [0.05, 0.1) is 41.4 Å². The summed E-state index contributed by atoms with van der Waals surface area (Å²) in [5, 5.41) is 12.0. The van der Waals surface area contributed by atoms with E-state index in [1.54, 1.807) is 42.3 Å². The van der Waals surface area contributed by atoms with Crippen molar-refractivity contribution < 1.29 is 19.1 Å². The number of imidazole rings is 1. The molecule has 0 spiro atoms. The molecule has 2 aromatic carbocycles. The zero-order valence-corrected chi connectivity index (χ0v) is 18.4. The van der Waals surface area contributed by atoms with Crippen LogP contribution in [-0.4, -0.2) is 66.3 Å². The van der Waals surface area contributed by atoms with E-state index in [1.807, 2.05) is 16.7 Å². The minimum absolute atomic E-state index is 0.0867. The zero-order chi connectivity index (χ0) is 23.2. The average Bonchev–Trinajstić information content (AvgIpc) is 3.21. The van der Waals surface area contributed by atoms with Crippen molar-refractivity contribution in [3.63, 3.8) is 0 Å². The molecule has 9 heteroatoms. The van der Waals surface area contributed by atoms with Crippen molar-refractivity contribution in [3.05, 3.63) is 59.2 Å². The number of fused-ring (bicyclic) bond motifs is 1. The highest BCUT2D eigenvalue weighted by atomic mass is 16.5. The maximum absolute atomic E-state index is 13.3. The lowest BCUT2D eigenvalue weighted by Crippen LogP contribution is -2.40. The number of anilines is 1. The van der Waals surface area contributed by atoms with Gasteiger partial charge in [-0.25, -0.2) is 4.98 Å². The minimum atomic E-state index is -0.378. The van der Waals surface area contributed by atoms with Gasteiger partial charge in [-0.3, -0.25) is 14.9 Å². The van der Waals surface area contributed by atoms with E-state index < -0.39 is 0 Å². The van der Waals surface area contributed by atoms with Crippen LogP contribution in [0.5, 0.6) is 0 Å². The number of morpholine rings is 1. The monoisotopic (exact) mass is 447 g/mol. The molecule has 0 unspecified atom stereocenters. The molecular weight excluding hydrogens is 422 g/mol. The number of rotatable bonds is 7. The van der Waals surface area contributed by atoms with Gasteiger partial charge in [-0.2, -0.15) is 5.26 Å². The van der Waals surface area contributed by atoms with E-state index in [1.165, 1.54) is 6.07 Å². The van der Waals surface area contributed by atoms with Crippen molar-refractivity contribution >= 4 is 28.8 Å². The molecule has 1 aromatic heterocycles. The van der Waals surface area contributed by atoms with Crippen molar-refractivity contribution in [2.45, 2.75) is 13.0 Å². The normalized spacial score (nSPS) is 13.6. The zero-order valence-electron chi connectivity index (χ0n) is 18.4. The molecule has 1 fully saturated rings. The number of hydrogen-bond acceptors (Lipinski definition) is 6. The van der Waals surface area contributed by atoms with Crippen LogP contribution in [0.25, 0.3) is 11.0 Å². The van der Waals surface area contributed by atoms with Gasteiger partial charge in [0.2, 0.25) is 5.95 Å². The number of benzene rings is 2. The molecule has 170 valence electrons. The Morgan fingerprint density at radius 1 is 1.21 bits per heavy atom. The second-order valence-electron chi connectivity index (χ2n) is 7.66. The number of hydrogen-bond donors (Lipinski definition) is 1. The number of aromatic nitrogens is 2. The molecule has 0 bridgehead atoms. The molecule has 0 radical (unpaired) electrons. The van der Waals surface area contributed by atoms with Gasteiger partial charge in [0, 0.05) is 38.9 Å². The average molecular weight is 447 g/mol. The van der Waals surface area contributed by atoms with Crippen molar-refractivity contribution in [1.29, 1.82) is 5.26 Å². The first-order valence-electron chi connectivity index (χ1n) is 10.8. The molecule has 1 N–H and O–H groups in total. The number of nitrogens with zero attached hydrogens (tertiary/aromatic N) is 4. The predicted octanol–water partition coefficient (Wildman–Crippen LogP) is 2.67. The van der Waals surface area contributed by atoms with Gasteiger partial charge in [-0.05, 0) is 36.8 Å². The van der Waals surface area contributed by atoms with Crippen LogP contribution in [0.15, 0.2) is 42.5 Å². The second kappa shape index (κ2) is 10.3. The Kier molecular flexibility index (Phi) is 6.98. The number of nitriles is 1. The van der Waals surface area contributed by atoms with E-state index in [4.69, 9.17) is 14.7 Å². The number of amides is 2. The lowest BCUT2D eigenvalue weighted by Gasteiger charge is -2.27. The summed E-state index contributed by atoms with van der Waals surface area (Å²) in [7, 11) is 1.63. The summed E-state index contributed by atoms with van der Waals surface area (Å²) in [6, 6.07) is 13.9. The lowest BCUT2D eigenvalue weighted by atomic mass is 10.1. The Morgan fingerprint density at radius 3 is 2.76 bits per heavy atom. The fraction of sp³-hybridized carbons (Fsp3) is 0.333. The topological polar surface area (TPSA) is 109 Å². The molecule has 2 heterocycles. The quantitative estimate of drug-likeness (QED) is 0.558. The van der Waals surface area contributed by atoms with Crippen LogP contribution in [0, 0.1) is 11.3 Å². The fourth-order valence-electron chi connectivity index (χ4n) is 3.88. The van der Waals surface area contributed by atoms with Crippen LogP contribution >= 0.6 is 0 Å². The molecule has 0 aliphatic carbocycles. The van der Waals surface area contributed by atoms with Crippen LogP contribution in [0.2, 0.25) is 0 Å². The maximum Gasteiger partial charge on any atom is 0.258 e. The first-order valence-corrected chi connectivity index (χ1v) is 10.8. The molecule has 1 saturated heterocycles. The summed E-state index contributed by atoms with van der Waals surface area (Å²) >= 11 is 0. The van der Waals surface area contributed by atoms with Gasteiger partial charge in [0.25, 0.3) is 11.8 Å². The minimum Gasteiger partial charge on any atom is -0.385 e. The van der Waals surface area contributed by atoms with E-state index in [2.05, 4.69) is 10.3 Å². The van der Waals surface area contributed by atoms with E-state index in [9.17, 15) is 9.59 Å². The Balaban J connectivity index is 1.72. The Labute approximate surface area is 191 Å². The van der Waals surface area contributed by atoms with Gasteiger partial charge in [0.15, 0.2) is 0 Å². The van der Waals surface area contributed by atoms with Crippen molar-refractivity contribution in [2.75, 3.05) is 45.3 Å². The molecule has 9 nitrogen and oxygen atoms in total. The van der Waals surface area contributed by atoms with E-state index in [-0.39, 0.29) is 11.8 Å². The van der Waals surface area contributed by atoms with Crippen LogP contribution < -0.4 is 5.32 Å². The third kappa shape index (κ3) is 4.87. The first kappa shape index (κ1) is 22.5. The molecule has 2 amide bonds. The summed E-state index contributed by atoms with van der Waals surface area (Å²) in [5.74, 6) is -0.122. The first-order chi connectivity index (χ1) is 16.1. The van der Waals surface area contributed by atoms with E-state index in [0.29, 0.717) is 79.5 Å². The number of aryl methyl sites for hydroxylation is 1. The number of ether oxygens (including phenoxy) is 2. The smallest absolute Gasteiger partial charge is 0.258 e. The van der Waals surface area contributed by atoms with E-state index >= 15 is 0 Å². The molecule has 4 rings (SSSR count). The van der Waals surface area contributed by atoms with Gasteiger partial charge in [-0.15, -0.1) is 0 Å². The summed E-state index contributed by atoms with van der Waals surface area (Å²) in [6.07, 6.45) is 0.675. The molecule has 1 aliphatic heterocycles. The van der Waals surface area contributed by atoms with Crippen LogP contribution in [0.1, 0.15) is 32.7 Å². The Bertz CT molecular complexity index is 1210.